The van der Waals surface area contributed by atoms with Crippen molar-refractivity contribution in [3.63, 3.8) is 0 Å². The van der Waals surface area contributed by atoms with Gasteiger partial charge in [0.2, 0.25) is 11.8 Å². The Bertz CT molecular complexity index is 802. The van der Waals surface area contributed by atoms with Crippen molar-refractivity contribution in [3.8, 4) is 5.75 Å². The van der Waals surface area contributed by atoms with Crippen LogP contribution in [-0.2, 0) is 14.3 Å². The molecule has 8 nitrogen and oxygen atoms in total. The minimum Gasteiger partial charge on any atom is -0.508 e. The number of nitrogens with one attached hydrogen (secondary N) is 2. The standard InChI is InChI=1S/C23H37N3O5S/c1-8-12-26(20(29)17(14-32)24-21(30)31-23(5,6)7)18(19(28)25-22(2,3)4)15-10-9-11-16(27)13-15/h9-11,13,17-18,27,32H,8,12,14H2,1-7H3,(H,24,30)(H,25,28). The lowest BCUT2D eigenvalue weighted by atomic mass is 10.0. The summed E-state index contributed by atoms with van der Waals surface area (Å²) in [5.74, 6) is -0.853. The van der Waals surface area contributed by atoms with E-state index in [1.54, 1.807) is 32.9 Å². The quantitative estimate of drug-likeness (QED) is 0.438. The van der Waals surface area contributed by atoms with Crippen LogP contribution in [0.2, 0.25) is 0 Å². The number of carbonyl (C=O) groups is 3. The van der Waals surface area contributed by atoms with E-state index in [0.717, 1.165) is 0 Å². The number of nitrogens with zero attached hydrogens (tertiary/aromatic N) is 1. The number of thiol groups is 1. The van der Waals surface area contributed by atoms with Crippen molar-refractivity contribution in [1.82, 2.24) is 15.5 Å². The van der Waals surface area contributed by atoms with E-state index in [2.05, 4.69) is 23.3 Å². The first kappa shape index (κ1) is 27.6. The van der Waals surface area contributed by atoms with Gasteiger partial charge in [0, 0.05) is 17.8 Å². The molecule has 1 aromatic rings. The normalized spacial score (nSPS) is 13.6. The Labute approximate surface area is 196 Å². The highest BCUT2D eigenvalue weighted by atomic mass is 32.1. The molecule has 9 heteroatoms. The molecule has 0 spiro atoms. The van der Waals surface area contributed by atoms with Crippen LogP contribution >= 0.6 is 12.6 Å². The number of alkyl carbamates (subject to hydrolysis) is 1. The van der Waals surface area contributed by atoms with Crippen LogP contribution in [0.25, 0.3) is 0 Å². The molecule has 32 heavy (non-hydrogen) atoms. The van der Waals surface area contributed by atoms with E-state index < -0.39 is 35.2 Å². The van der Waals surface area contributed by atoms with Crippen molar-refractivity contribution in [2.45, 2.75) is 78.1 Å². The van der Waals surface area contributed by atoms with E-state index in [9.17, 15) is 19.5 Å². The summed E-state index contributed by atoms with van der Waals surface area (Å²) in [5, 5.41) is 15.5. The maximum absolute atomic E-state index is 13.5. The number of hydrogen-bond acceptors (Lipinski definition) is 6. The van der Waals surface area contributed by atoms with Crippen LogP contribution in [0.5, 0.6) is 5.75 Å². The Morgan fingerprint density at radius 2 is 1.78 bits per heavy atom. The summed E-state index contributed by atoms with van der Waals surface area (Å²) in [4.78, 5) is 40.5. The van der Waals surface area contributed by atoms with Crippen LogP contribution in [0.3, 0.4) is 0 Å². The van der Waals surface area contributed by atoms with Gasteiger partial charge < -0.3 is 25.4 Å². The molecule has 1 aromatic carbocycles. The predicted molar refractivity (Wildman–Crippen MR) is 128 cm³/mol. The Morgan fingerprint density at radius 3 is 2.25 bits per heavy atom. The lowest BCUT2D eigenvalue weighted by Crippen LogP contribution is -2.55. The molecule has 0 aromatic heterocycles. The Kier molecular flexibility index (Phi) is 9.88. The molecule has 0 saturated carbocycles. The van der Waals surface area contributed by atoms with Crippen LogP contribution in [-0.4, -0.2) is 57.4 Å². The second kappa shape index (κ2) is 11.4. The molecule has 0 bridgehead atoms. The molecule has 0 saturated heterocycles. The zero-order valence-corrected chi connectivity index (χ0v) is 21.0. The van der Waals surface area contributed by atoms with E-state index in [4.69, 9.17) is 4.74 Å². The van der Waals surface area contributed by atoms with Gasteiger partial charge in [-0.1, -0.05) is 19.1 Å². The van der Waals surface area contributed by atoms with E-state index in [1.807, 2.05) is 27.7 Å². The first-order valence-electron chi connectivity index (χ1n) is 10.7. The molecular weight excluding hydrogens is 430 g/mol. The molecule has 0 aliphatic heterocycles. The van der Waals surface area contributed by atoms with Gasteiger partial charge in [0.05, 0.1) is 0 Å². The second-order valence-electron chi connectivity index (χ2n) is 9.65. The number of phenols is 1. The third-order valence-electron chi connectivity index (χ3n) is 4.16. The average Bonchev–Trinajstić information content (AvgIpc) is 2.62. The van der Waals surface area contributed by atoms with E-state index in [1.165, 1.54) is 17.0 Å². The first-order valence-corrected chi connectivity index (χ1v) is 11.3. The summed E-state index contributed by atoms with van der Waals surface area (Å²) >= 11 is 4.24. The number of benzene rings is 1. The van der Waals surface area contributed by atoms with Gasteiger partial charge in [0.15, 0.2) is 0 Å². The minimum absolute atomic E-state index is 0.0161. The van der Waals surface area contributed by atoms with Gasteiger partial charge in [-0.2, -0.15) is 12.6 Å². The van der Waals surface area contributed by atoms with Crippen molar-refractivity contribution in [1.29, 1.82) is 0 Å². The summed E-state index contributed by atoms with van der Waals surface area (Å²) in [6.07, 6.45) is -0.162. The largest absolute Gasteiger partial charge is 0.508 e. The zero-order chi connectivity index (χ0) is 24.7. The Balaban J connectivity index is 3.34. The molecule has 0 heterocycles. The summed E-state index contributed by atoms with van der Waals surface area (Å²) in [5.41, 5.74) is -0.803. The molecule has 0 fully saturated rings. The fourth-order valence-corrected chi connectivity index (χ4v) is 3.30. The van der Waals surface area contributed by atoms with Crippen molar-refractivity contribution in [3.05, 3.63) is 29.8 Å². The lowest BCUT2D eigenvalue weighted by Gasteiger charge is -2.35. The van der Waals surface area contributed by atoms with Crippen LogP contribution in [0.15, 0.2) is 24.3 Å². The summed E-state index contributed by atoms with van der Waals surface area (Å²) in [6.45, 7) is 12.9. The average molecular weight is 468 g/mol. The first-order chi connectivity index (χ1) is 14.7. The fourth-order valence-electron chi connectivity index (χ4n) is 3.05. The van der Waals surface area contributed by atoms with E-state index in [-0.39, 0.29) is 24.0 Å². The van der Waals surface area contributed by atoms with E-state index in [0.29, 0.717) is 12.0 Å². The minimum atomic E-state index is -1.00. The van der Waals surface area contributed by atoms with Gasteiger partial charge in [0.1, 0.15) is 23.4 Å². The molecular formula is C23H37N3O5S. The van der Waals surface area contributed by atoms with E-state index >= 15 is 0 Å². The molecule has 0 aliphatic rings. The van der Waals surface area contributed by atoms with Crippen LogP contribution < -0.4 is 10.6 Å². The lowest BCUT2D eigenvalue weighted by molar-refractivity contribution is -0.142. The molecule has 0 radical (unpaired) electrons. The number of rotatable bonds is 8. The summed E-state index contributed by atoms with van der Waals surface area (Å²) in [6, 6.07) is 4.25. The second-order valence-corrected chi connectivity index (χ2v) is 10.0. The van der Waals surface area contributed by atoms with Crippen molar-refractivity contribution < 1.29 is 24.2 Å². The summed E-state index contributed by atoms with van der Waals surface area (Å²) < 4.78 is 5.27. The molecule has 180 valence electrons. The van der Waals surface area contributed by atoms with Crippen LogP contribution in [0, 0.1) is 0 Å². The van der Waals surface area contributed by atoms with Crippen LogP contribution in [0.1, 0.15) is 66.5 Å². The van der Waals surface area contributed by atoms with Crippen LogP contribution in [0.4, 0.5) is 4.79 Å². The highest BCUT2D eigenvalue weighted by Gasteiger charge is 2.36. The van der Waals surface area contributed by atoms with Crippen molar-refractivity contribution >= 4 is 30.5 Å². The predicted octanol–water partition coefficient (Wildman–Crippen LogP) is 3.41. The topological polar surface area (TPSA) is 108 Å². The molecule has 0 aliphatic carbocycles. The number of phenolic OH excluding ortho intramolecular Hbond substituents is 1. The van der Waals surface area contributed by atoms with Gasteiger partial charge >= 0.3 is 6.09 Å². The Morgan fingerprint density at radius 1 is 1.16 bits per heavy atom. The molecule has 3 amide bonds. The number of hydrogen-bond donors (Lipinski definition) is 4. The number of amides is 3. The summed E-state index contributed by atoms with van der Waals surface area (Å²) in [7, 11) is 0. The Hall–Kier alpha value is -2.42. The third-order valence-corrected chi connectivity index (χ3v) is 4.53. The SMILES string of the molecule is CCCN(C(=O)C(CS)NC(=O)OC(C)(C)C)C(C(=O)NC(C)(C)C)c1cccc(O)c1. The van der Waals surface area contributed by atoms with Gasteiger partial charge in [-0.3, -0.25) is 9.59 Å². The zero-order valence-electron chi connectivity index (χ0n) is 20.1. The molecule has 2 unspecified atom stereocenters. The fraction of sp³-hybridized carbons (Fsp3) is 0.609. The number of aromatic hydroxyl groups is 1. The van der Waals surface area contributed by atoms with Gasteiger partial charge in [-0.15, -0.1) is 0 Å². The van der Waals surface area contributed by atoms with Gasteiger partial charge in [-0.05, 0) is 65.7 Å². The highest BCUT2D eigenvalue weighted by Crippen LogP contribution is 2.26. The highest BCUT2D eigenvalue weighted by molar-refractivity contribution is 7.80. The molecule has 3 N–H and O–H groups in total. The van der Waals surface area contributed by atoms with Gasteiger partial charge in [-0.25, -0.2) is 4.79 Å². The van der Waals surface area contributed by atoms with Crippen molar-refractivity contribution in [2.75, 3.05) is 12.3 Å². The monoisotopic (exact) mass is 467 g/mol. The van der Waals surface area contributed by atoms with Gasteiger partial charge in [0.25, 0.3) is 0 Å². The van der Waals surface area contributed by atoms with Crippen molar-refractivity contribution in [2.24, 2.45) is 0 Å². The maximum Gasteiger partial charge on any atom is 0.408 e. The smallest absolute Gasteiger partial charge is 0.408 e. The third kappa shape index (κ3) is 8.98. The maximum atomic E-state index is 13.5. The molecule has 2 atom stereocenters. The molecule has 1 rings (SSSR count). The number of ether oxygens (including phenoxy) is 1. The number of carbonyl (C=O) groups excluding carboxylic acids is 3.